The van der Waals surface area contributed by atoms with Gasteiger partial charge in [0.1, 0.15) is 5.69 Å². The highest BCUT2D eigenvalue weighted by molar-refractivity contribution is 7.15. The van der Waals surface area contributed by atoms with Crippen LogP contribution < -0.4 is 14.8 Å². The molecule has 0 aliphatic heterocycles. The first-order valence-electron chi connectivity index (χ1n) is 10.7. The molecule has 7 nitrogen and oxygen atoms in total. The van der Waals surface area contributed by atoms with E-state index in [1.54, 1.807) is 41.3 Å². The molecule has 3 heterocycles. The number of ether oxygens (including phenoxy) is 2. The van der Waals surface area contributed by atoms with Crippen LogP contribution in [0.4, 0.5) is 18.3 Å². The van der Waals surface area contributed by atoms with Crippen molar-refractivity contribution in [2.45, 2.75) is 26.9 Å². The molecule has 0 unspecified atom stereocenters. The quantitative estimate of drug-likeness (QED) is 0.284. The molecule has 0 saturated heterocycles. The summed E-state index contributed by atoms with van der Waals surface area (Å²) < 4.78 is 51.8. The van der Waals surface area contributed by atoms with Crippen molar-refractivity contribution in [1.82, 2.24) is 14.4 Å². The van der Waals surface area contributed by atoms with E-state index in [4.69, 9.17) is 9.47 Å². The Kier molecular flexibility index (Phi) is 7.10. The van der Waals surface area contributed by atoms with E-state index in [1.807, 2.05) is 12.1 Å². The lowest BCUT2D eigenvalue weighted by atomic mass is 9.98. The van der Waals surface area contributed by atoms with Crippen molar-refractivity contribution in [3.8, 4) is 11.5 Å². The van der Waals surface area contributed by atoms with Crippen LogP contribution in [0.5, 0.6) is 11.5 Å². The van der Waals surface area contributed by atoms with Crippen molar-refractivity contribution in [2.24, 2.45) is 5.41 Å². The Bertz CT molecular complexity index is 1410. The number of carbonyl (C=O) groups excluding carboxylic acids is 1. The predicted octanol–water partition coefficient (Wildman–Crippen LogP) is 6.73. The van der Waals surface area contributed by atoms with Crippen LogP contribution in [0.15, 0.2) is 35.2 Å². The molecule has 0 aliphatic carbocycles. The smallest absolute Gasteiger partial charge is 0.434 e. The largest absolute Gasteiger partial charge is 0.493 e. The number of imidazole rings is 1. The van der Waals surface area contributed by atoms with Gasteiger partial charge in [-0.2, -0.15) is 13.2 Å². The first-order chi connectivity index (χ1) is 17.0. The Morgan fingerprint density at radius 3 is 2.61 bits per heavy atom. The minimum atomic E-state index is -4.59. The van der Waals surface area contributed by atoms with Gasteiger partial charge in [0.25, 0.3) is 5.91 Å². The maximum absolute atomic E-state index is 13.1. The number of hydrogen-bond donors (Lipinski definition) is 1. The number of nitrogens with one attached hydrogen (secondary N) is 1. The van der Waals surface area contributed by atoms with E-state index in [-0.39, 0.29) is 16.2 Å². The zero-order chi connectivity index (χ0) is 26.1. The van der Waals surface area contributed by atoms with Crippen molar-refractivity contribution in [2.75, 3.05) is 19.0 Å². The summed E-state index contributed by atoms with van der Waals surface area (Å²) in [6.45, 7) is 6.62. The number of fused-ring (bicyclic) bond motifs is 1. The van der Waals surface area contributed by atoms with E-state index in [9.17, 15) is 18.0 Å². The van der Waals surface area contributed by atoms with Crippen LogP contribution in [-0.4, -0.2) is 34.0 Å². The summed E-state index contributed by atoms with van der Waals surface area (Å²) in [7, 11) is 1.56. The number of halogens is 3. The number of anilines is 1. The highest BCUT2D eigenvalue weighted by atomic mass is 32.1. The van der Waals surface area contributed by atoms with E-state index in [2.05, 4.69) is 36.1 Å². The number of para-hydroxylation sites is 1. The number of thiazole rings is 2. The fourth-order valence-corrected chi connectivity index (χ4v) is 4.63. The second-order valence-corrected chi connectivity index (χ2v) is 10.7. The fourth-order valence-electron chi connectivity index (χ4n) is 3.20. The monoisotopic (exact) mass is 536 g/mol. The van der Waals surface area contributed by atoms with Crippen LogP contribution in [0.3, 0.4) is 0 Å². The predicted molar refractivity (Wildman–Crippen MR) is 135 cm³/mol. The van der Waals surface area contributed by atoms with Gasteiger partial charge in [-0.25, -0.2) is 9.97 Å². The number of hydrogen-bond acceptors (Lipinski definition) is 7. The van der Waals surface area contributed by atoms with Crippen LogP contribution in [0.25, 0.3) is 17.1 Å². The van der Waals surface area contributed by atoms with E-state index in [0.717, 1.165) is 10.9 Å². The van der Waals surface area contributed by atoms with Crippen molar-refractivity contribution < 1.29 is 27.4 Å². The minimum Gasteiger partial charge on any atom is -0.493 e. The van der Waals surface area contributed by atoms with Gasteiger partial charge in [0.2, 0.25) is 0 Å². The van der Waals surface area contributed by atoms with Gasteiger partial charge in [-0.1, -0.05) is 32.9 Å². The lowest BCUT2D eigenvalue weighted by Crippen LogP contribution is -2.17. The number of rotatable bonds is 7. The maximum Gasteiger partial charge on any atom is 0.434 e. The number of carbonyl (C=O) groups is 1. The molecule has 190 valence electrons. The molecule has 4 aromatic rings. The highest BCUT2D eigenvalue weighted by Crippen LogP contribution is 2.35. The molecule has 0 fully saturated rings. The Hall–Kier alpha value is -3.38. The summed E-state index contributed by atoms with van der Waals surface area (Å²) in [5, 5.41) is 4.92. The van der Waals surface area contributed by atoms with Crippen molar-refractivity contribution >= 4 is 50.8 Å². The molecule has 0 bridgehead atoms. The normalized spacial score (nSPS) is 12.4. The van der Waals surface area contributed by atoms with Gasteiger partial charge in [-0.15, -0.1) is 22.7 Å². The lowest BCUT2D eigenvalue weighted by Gasteiger charge is -2.21. The SMILES string of the molecule is COc1cccc(C=Cc2nc3sccn3c2C(=O)Nc2nc(C(F)(F)F)cs2)c1OCC(C)(C)C. The third-order valence-corrected chi connectivity index (χ3v) is 6.33. The fraction of sp³-hybridized carbons (Fsp3) is 0.292. The van der Waals surface area contributed by atoms with Gasteiger partial charge < -0.3 is 9.47 Å². The molecule has 1 N–H and O–H groups in total. The average Bonchev–Trinajstić information content (AvgIpc) is 3.51. The zero-order valence-corrected chi connectivity index (χ0v) is 21.5. The number of methoxy groups -OCH3 is 1. The van der Waals surface area contributed by atoms with Crippen LogP contribution in [0.1, 0.15) is 48.2 Å². The summed E-state index contributed by atoms with van der Waals surface area (Å²) in [6, 6.07) is 5.47. The van der Waals surface area contributed by atoms with Crippen LogP contribution in [0, 0.1) is 5.41 Å². The number of amides is 1. The summed E-state index contributed by atoms with van der Waals surface area (Å²) in [4.78, 5) is 21.7. The number of benzene rings is 1. The molecular formula is C24H23F3N4O3S2. The second kappa shape index (κ2) is 9.94. The average molecular weight is 537 g/mol. The summed E-state index contributed by atoms with van der Waals surface area (Å²) >= 11 is 2.03. The molecule has 0 radical (unpaired) electrons. The van der Waals surface area contributed by atoms with Crippen molar-refractivity contribution in [3.63, 3.8) is 0 Å². The zero-order valence-electron chi connectivity index (χ0n) is 19.8. The summed E-state index contributed by atoms with van der Waals surface area (Å²) in [5.74, 6) is 0.494. The molecule has 0 atom stereocenters. The van der Waals surface area contributed by atoms with Gasteiger partial charge in [0, 0.05) is 22.5 Å². The second-order valence-electron chi connectivity index (χ2n) is 8.95. The third-order valence-electron chi connectivity index (χ3n) is 4.82. The minimum absolute atomic E-state index is 0.0802. The first kappa shape index (κ1) is 25.7. The lowest BCUT2D eigenvalue weighted by molar-refractivity contribution is -0.140. The van der Waals surface area contributed by atoms with Gasteiger partial charge in [-0.3, -0.25) is 14.5 Å². The Morgan fingerprint density at radius 2 is 1.94 bits per heavy atom. The molecular weight excluding hydrogens is 513 g/mol. The molecule has 0 aliphatic rings. The molecule has 4 rings (SSSR count). The molecule has 12 heteroatoms. The first-order valence-corrected chi connectivity index (χ1v) is 12.5. The number of nitrogens with zero attached hydrogens (tertiary/aromatic N) is 3. The van der Waals surface area contributed by atoms with E-state index in [0.29, 0.717) is 40.1 Å². The van der Waals surface area contributed by atoms with Gasteiger partial charge >= 0.3 is 6.18 Å². The highest BCUT2D eigenvalue weighted by Gasteiger charge is 2.34. The van der Waals surface area contributed by atoms with Gasteiger partial charge in [0.05, 0.1) is 19.4 Å². The number of aromatic nitrogens is 3. The topological polar surface area (TPSA) is 77.8 Å². The van der Waals surface area contributed by atoms with Crippen molar-refractivity contribution in [3.05, 3.63) is 57.8 Å². The third kappa shape index (κ3) is 5.71. The standard InChI is InChI=1S/C24H23F3N4O3S2/c1-23(2,3)13-34-19-14(6-5-7-16(19)33-4)8-9-15-18(31-10-11-35-22(31)28-15)20(32)30-21-29-17(12-36-21)24(25,26)27/h5-12H,13H2,1-4H3,(H,29,30,32). The van der Waals surface area contributed by atoms with E-state index < -0.39 is 17.8 Å². The Balaban J connectivity index is 1.66. The van der Waals surface area contributed by atoms with E-state index >= 15 is 0 Å². The summed E-state index contributed by atoms with van der Waals surface area (Å²) in [6.07, 6.45) is 0.505. The Morgan fingerprint density at radius 1 is 1.17 bits per heavy atom. The molecule has 1 amide bonds. The molecule has 3 aromatic heterocycles. The van der Waals surface area contributed by atoms with E-state index in [1.165, 1.54) is 11.3 Å². The summed E-state index contributed by atoms with van der Waals surface area (Å²) in [5.41, 5.74) is 0.0972. The Labute approximate surface area is 213 Å². The van der Waals surface area contributed by atoms with Gasteiger partial charge in [0.15, 0.2) is 27.3 Å². The van der Waals surface area contributed by atoms with Crippen LogP contribution >= 0.6 is 22.7 Å². The van der Waals surface area contributed by atoms with Crippen molar-refractivity contribution in [1.29, 1.82) is 0 Å². The van der Waals surface area contributed by atoms with Crippen LogP contribution in [-0.2, 0) is 6.18 Å². The molecule has 0 spiro atoms. The molecule has 0 saturated carbocycles. The maximum atomic E-state index is 13.1. The van der Waals surface area contributed by atoms with Gasteiger partial charge in [-0.05, 0) is 23.6 Å². The number of alkyl halides is 3. The molecule has 1 aromatic carbocycles. The molecule has 36 heavy (non-hydrogen) atoms. The van der Waals surface area contributed by atoms with Crippen LogP contribution in [0.2, 0.25) is 0 Å².